The number of hydrogen-bond donors (Lipinski definition) is 2. The van der Waals surface area contributed by atoms with Crippen molar-refractivity contribution in [3.8, 4) is 0 Å². The number of anilines is 2. The van der Waals surface area contributed by atoms with Gasteiger partial charge in [0.25, 0.3) is 11.6 Å². The van der Waals surface area contributed by atoms with Gasteiger partial charge in [-0.1, -0.05) is 0 Å². The maximum Gasteiger partial charge on any atom is 0.282 e. The van der Waals surface area contributed by atoms with Gasteiger partial charge in [0.2, 0.25) is 0 Å². The van der Waals surface area contributed by atoms with E-state index in [1.54, 1.807) is 25.4 Å². The molecule has 1 aromatic heterocycles. The molecule has 7 nitrogen and oxygen atoms in total. The highest BCUT2D eigenvalue weighted by molar-refractivity contribution is 7.13. The average Bonchev–Trinajstić information content (AvgIpc) is 2.83. The minimum Gasteiger partial charge on any atom is -0.388 e. The van der Waals surface area contributed by atoms with E-state index in [9.17, 15) is 14.9 Å². The summed E-state index contributed by atoms with van der Waals surface area (Å²) in [6.07, 6.45) is 0. The fourth-order valence-corrected chi connectivity index (χ4v) is 2.29. The third-order valence-electron chi connectivity index (χ3n) is 2.57. The Morgan fingerprint density at radius 3 is 2.75 bits per heavy atom. The minimum absolute atomic E-state index is 0.00490. The van der Waals surface area contributed by atoms with Gasteiger partial charge < -0.3 is 5.32 Å². The summed E-state index contributed by atoms with van der Waals surface area (Å²) in [5.41, 5.74) is 1.16. The molecule has 0 fully saturated rings. The van der Waals surface area contributed by atoms with Crippen LogP contribution in [0.1, 0.15) is 16.1 Å². The number of nitro groups is 1. The lowest BCUT2D eigenvalue weighted by Gasteiger charge is -2.06. The van der Waals surface area contributed by atoms with Crippen molar-refractivity contribution in [2.45, 2.75) is 6.92 Å². The first-order valence-corrected chi connectivity index (χ1v) is 6.59. The zero-order valence-electron chi connectivity index (χ0n) is 10.8. The Labute approximate surface area is 118 Å². The van der Waals surface area contributed by atoms with Crippen molar-refractivity contribution in [3.63, 3.8) is 0 Å². The number of nitrogens with one attached hydrogen (secondary N) is 2. The molecule has 0 saturated carbocycles. The predicted octanol–water partition coefficient (Wildman–Crippen LogP) is 2.65. The number of thiazole rings is 1. The SMILES string of the molecule is CNc1ccc([N+](=O)[O-])c(C(=O)Nc2nc(C)cs2)c1. The third kappa shape index (κ3) is 2.91. The molecule has 1 amide bonds. The standard InChI is InChI=1S/C12H12N4O3S/c1-7-6-20-12(14-7)15-11(17)9-5-8(13-2)3-4-10(9)16(18)19/h3-6,13H,1-2H3,(H,14,15,17). The van der Waals surface area contributed by atoms with Crippen molar-refractivity contribution in [2.24, 2.45) is 0 Å². The maximum atomic E-state index is 12.1. The first-order chi connectivity index (χ1) is 9.51. The second kappa shape index (κ2) is 5.66. The van der Waals surface area contributed by atoms with Crippen LogP contribution < -0.4 is 10.6 Å². The number of hydrogen-bond acceptors (Lipinski definition) is 6. The van der Waals surface area contributed by atoms with Crippen LogP contribution in [0.2, 0.25) is 0 Å². The molecule has 0 spiro atoms. The highest BCUT2D eigenvalue weighted by Gasteiger charge is 2.21. The second-order valence-corrected chi connectivity index (χ2v) is 4.85. The fraction of sp³-hybridized carbons (Fsp3) is 0.167. The molecule has 1 heterocycles. The van der Waals surface area contributed by atoms with Gasteiger partial charge in [0, 0.05) is 24.2 Å². The van der Waals surface area contributed by atoms with Crippen molar-refractivity contribution < 1.29 is 9.72 Å². The topological polar surface area (TPSA) is 97.2 Å². The Hall–Kier alpha value is -2.48. The molecule has 0 aliphatic carbocycles. The Kier molecular flexibility index (Phi) is 3.94. The van der Waals surface area contributed by atoms with Crippen LogP contribution in [0.3, 0.4) is 0 Å². The molecule has 0 aliphatic rings. The highest BCUT2D eigenvalue weighted by atomic mass is 32.1. The second-order valence-electron chi connectivity index (χ2n) is 3.99. The van der Waals surface area contributed by atoms with Gasteiger partial charge in [-0.05, 0) is 19.1 Å². The van der Waals surface area contributed by atoms with Crippen LogP contribution in [0, 0.1) is 17.0 Å². The average molecular weight is 292 g/mol. The summed E-state index contributed by atoms with van der Waals surface area (Å²) in [4.78, 5) is 26.6. The molecule has 104 valence electrons. The fourth-order valence-electron chi connectivity index (χ4n) is 1.61. The van der Waals surface area contributed by atoms with Gasteiger partial charge >= 0.3 is 0 Å². The largest absolute Gasteiger partial charge is 0.388 e. The van der Waals surface area contributed by atoms with Gasteiger partial charge in [0.1, 0.15) is 5.56 Å². The smallest absolute Gasteiger partial charge is 0.282 e. The molecule has 0 saturated heterocycles. The van der Waals surface area contributed by atoms with E-state index >= 15 is 0 Å². The summed E-state index contributed by atoms with van der Waals surface area (Å²) in [6.45, 7) is 1.80. The van der Waals surface area contributed by atoms with Gasteiger partial charge in [0.05, 0.1) is 10.6 Å². The van der Waals surface area contributed by atoms with E-state index in [0.717, 1.165) is 5.69 Å². The van der Waals surface area contributed by atoms with Crippen LogP contribution in [-0.4, -0.2) is 22.9 Å². The van der Waals surface area contributed by atoms with Crippen LogP contribution in [-0.2, 0) is 0 Å². The Morgan fingerprint density at radius 2 is 2.20 bits per heavy atom. The molecule has 2 rings (SSSR count). The number of carbonyl (C=O) groups is 1. The zero-order valence-corrected chi connectivity index (χ0v) is 11.7. The Balaban J connectivity index is 2.34. The van der Waals surface area contributed by atoms with Crippen molar-refractivity contribution in [3.05, 3.63) is 45.0 Å². The molecule has 0 unspecified atom stereocenters. The van der Waals surface area contributed by atoms with E-state index < -0.39 is 10.8 Å². The number of nitro benzene ring substituents is 1. The van der Waals surface area contributed by atoms with Crippen LogP contribution in [0.4, 0.5) is 16.5 Å². The maximum absolute atomic E-state index is 12.1. The summed E-state index contributed by atoms with van der Waals surface area (Å²) in [5.74, 6) is -0.553. The number of nitrogens with zero attached hydrogens (tertiary/aromatic N) is 2. The highest BCUT2D eigenvalue weighted by Crippen LogP contribution is 2.24. The molecule has 2 N–H and O–H groups in total. The monoisotopic (exact) mass is 292 g/mol. The summed E-state index contributed by atoms with van der Waals surface area (Å²) >= 11 is 1.27. The number of aryl methyl sites for hydroxylation is 1. The first kappa shape index (κ1) is 13.9. The molecule has 2 aromatic rings. The Morgan fingerprint density at radius 1 is 1.45 bits per heavy atom. The van der Waals surface area contributed by atoms with Crippen LogP contribution in [0.15, 0.2) is 23.6 Å². The summed E-state index contributed by atoms with van der Waals surface area (Å²) in [6, 6.07) is 4.28. The van der Waals surface area contributed by atoms with E-state index in [1.165, 1.54) is 23.5 Å². The first-order valence-electron chi connectivity index (χ1n) is 5.71. The van der Waals surface area contributed by atoms with Crippen molar-refractivity contribution >= 4 is 33.8 Å². The van der Waals surface area contributed by atoms with E-state index in [1.807, 2.05) is 0 Å². The van der Waals surface area contributed by atoms with E-state index in [0.29, 0.717) is 10.8 Å². The zero-order chi connectivity index (χ0) is 14.7. The molecular weight excluding hydrogens is 280 g/mol. The van der Waals surface area contributed by atoms with E-state index in [2.05, 4.69) is 15.6 Å². The van der Waals surface area contributed by atoms with Gasteiger partial charge in [-0.3, -0.25) is 20.2 Å². The number of carbonyl (C=O) groups excluding carboxylic acids is 1. The van der Waals surface area contributed by atoms with Crippen LogP contribution in [0.25, 0.3) is 0 Å². The number of rotatable bonds is 4. The molecule has 0 atom stereocenters. The van der Waals surface area contributed by atoms with Gasteiger partial charge in [-0.2, -0.15) is 0 Å². The van der Waals surface area contributed by atoms with Gasteiger partial charge in [-0.15, -0.1) is 11.3 Å². The molecular formula is C12H12N4O3S. The lowest BCUT2D eigenvalue weighted by Crippen LogP contribution is -2.14. The summed E-state index contributed by atoms with van der Waals surface area (Å²) in [7, 11) is 1.67. The van der Waals surface area contributed by atoms with Crippen molar-refractivity contribution in [1.29, 1.82) is 0 Å². The van der Waals surface area contributed by atoms with Crippen molar-refractivity contribution in [1.82, 2.24) is 4.98 Å². The van der Waals surface area contributed by atoms with Gasteiger partial charge in [-0.25, -0.2) is 4.98 Å². The molecule has 8 heteroatoms. The predicted molar refractivity (Wildman–Crippen MR) is 77.4 cm³/mol. The normalized spacial score (nSPS) is 10.1. The molecule has 0 bridgehead atoms. The third-order valence-corrected chi connectivity index (χ3v) is 3.44. The Bertz CT molecular complexity index is 668. The van der Waals surface area contributed by atoms with Gasteiger partial charge in [0.15, 0.2) is 5.13 Å². The number of aromatic nitrogens is 1. The minimum atomic E-state index is -0.582. The lowest BCUT2D eigenvalue weighted by atomic mass is 10.1. The summed E-state index contributed by atoms with van der Waals surface area (Å²) < 4.78 is 0. The van der Waals surface area contributed by atoms with E-state index in [4.69, 9.17) is 0 Å². The molecule has 20 heavy (non-hydrogen) atoms. The quantitative estimate of drug-likeness (QED) is 0.667. The van der Waals surface area contributed by atoms with Crippen molar-refractivity contribution in [2.75, 3.05) is 17.7 Å². The van der Waals surface area contributed by atoms with E-state index in [-0.39, 0.29) is 11.3 Å². The molecule has 0 aliphatic heterocycles. The van der Waals surface area contributed by atoms with Crippen LogP contribution in [0.5, 0.6) is 0 Å². The van der Waals surface area contributed by atoms with Crippen LogP contribution >= 0.6 is 11.3 Å². The lowest BCUT2D eigenvalue weighted by molar-refractivity contribution is -0.385. The summed E-state index contributed by atoms with van der Waals surface area (Å²) in [5, 5.41) is 18.6. The molecule has 0 radical (unpaired) electrons. The molecule has 1 aromatic carbocycles. The number of amides is 1. The number of benzene rings is 1.